The summed E-state index contributed by atoms with van der Waals surface area (Å²) in [5.41, 5.74) is 14.4. The monoisotopic (exact) mass is 711 g/mol. The van der Waals surface area contributed by atoms with Crippen LogP contribution in [0.4, 0.5) is 11.4 Å². The summed E-state index contributed by atoms with van der Waals surface area (Å²) in [5, 5.41) is 11.0. The molecule has 3 heteroatoms. The fourth-order valence-corrected chi connectivity index (χ4v) is 8.30. The lowest BCUT2D eigenvalue weighted by molar-refractivity contribution is 0.659. The molecule has 2 N–H and O–H groups in total. The Morgan fingerprint density at radius 1 is 0.727 bits per heavy atom. The maximum atomic E-state index is 4.15. The fourth-order valence-electron chi connectivity index (χ4n) is 8.30. The molecule has 1 aliphatic carbocycles. The normalized spacial score (nSPS) is 13.1. The first kappa shape index (κ1) is 35.3. The number of hydrogen-bond acceptors (Lipinski definition) is 2. The highest BCUT2D eigenvalue weighted by Crippen LogP contribution is 2.49. The van der Waals surface area contributed by atoms with Gasteiger partial charge in [-0.25, -0.2) is 0 Å². The lowest BCUT2D eigenvalue weighted by atomic mass is 9.81. The van der Waals surface area contributed by atoms with Gasteiger partial charge in [-0.15, -0.1) is 0 Å². The Morgan fingerprint density at radius 2 is 1.40 bits per heavy atom. The Hall–Kier alpha value is -6.71. The van der Waals surface area contributed by atoms with E-state index >= 15 is 0 Å². The summed E-state index contributed by atoms with van der Waals surface area (Å²) in [4.78, 5) is 7.86. The van der Waals surface area contributed by atoms with Crippen molar-refractivity contribution in [2.75, 3.05) is 5.32 Å². The molecule has 9 rings (SSSR count). The Bertz CT molecular complexity index is 2860. The van der Waals surface area contributed by atoms with E-state index in [0.717, 1.165) is 34.6 Å². The van der Waals surface area contributed by atoms with Gasteiger partial charge in [0.15, 0.2) is 0 Å². The van der Waals surface area contributed by atoms with E-state index in [0.29, 0.717) is 0 Å². The van der Waals surface area contributed by atoms with Crippen LogP contribution in [-0.4, -0.2) is 11.7 Å². The standard InChI is InChI=1S/C29H24N2.C23H21N/c1-4-7-12-20(6-3)30-26-18-27-25(17-19(26)5-2)28-23-15-10-8-13-21(23)22-14-9-11-16-24(22)29(28)31-27;1-23(2)20-10-6-5-9-18(20)19-13-12-16(15-21(19)23)14-17-8-4-7-11-22(17)24-3/h4-18,30-31H,2-3H2,1H3;4-13,15H,3,14H2,1-2H3/b7-4-,20-12+;. The van der Waals surface area contributed by atoms with E-state index in [9.17, 15) is 0 Å². The molecule has 0 saturated heterocycles. The van der Waals surface area contributed by atoms with Gasteiger partial charge in [0.2, 0.25) is 0 Å². The highest BCUT2D eigenvalue weighted by atomic mass is 14.9. The number of hydrogen-bond donors (Lipinski definition) is 2. The van der Waals surface area contributed by atoms with Crippen molar-refractivity contribution in [2.45, 2.75) is 32.6 Å². The number of benzene rings is 7. The molecule has 0 unspecified atom stereocenters. The lowest BCUT2D eigenvalue weighted by Crippen LogP contribution is -2.15. The van der Waals surface area contributed by atoms with Crippen molar-refractivity contribution in [3.05, 3.63) is 198 Å². The summed E-state index contributed by atoms with van der Waals surface area (Å²) in [5.74, 6) is 0. The van der Waals surface area contributed by atoms with Gasteiger partial charge in [0, 0.05) is 38.5 Å². The molecule has 0 amide bonds. The second-order valence-electron chi connectivity index (χ2n) is 14.6. The smallest absolute Gasteiger partial charge is 0.0657 e. The lowest BCUT2D eigenvalue weighted by Gasteiger charge is -2.22. The Kier molecular flexibility index (Phi) is 9.38. The third-order valence-corrected chi connectivity index (χ3v) is 11.0. The van der Waals surface area contributed by atoms with Gasteiger partial charge in [-0.3, -0.25) is 4.99 Å². The number of nitrogens with zero attached hydrogens (tertiary/aromatic N) is 1. The highest BCUT2D eigenvalue weighted by molar-refractivity contribution is 6.31. The van der Waals surface area contributed by atoms with Gasteiger partial charge >= 0.3 is 0 Å². The zero-order valence-electron chi connectivity index (χ0n) is 31.8. The molecule has 7 aromatic carbocycles. The van der Waals surface area contributed by atoms with Gasteiger partial charge < -0.3 is 10.3 Å². The number of aromatic amines is 1. The van der Waals surface area contributed by atoms with Crippen LogP contribution >= 0.6 is 0 Å². The first-order valence-corrected chi connectivity index (χ1v) is 18.9. The predicted octanol–water partition coefficient (Wildman–Crippen LogP) is 14.2. The van der Waals surface area contributed by atoms with Gasteiger partial charge in [-0.05, 0) is 106 Å². The number of para-hydroxylation sites is 1. The third kappa shape index (κ3) is 6.28. The summed E-state index contributed by atoms with van der Waals surface area (Å²) in [6.45, 7) is 18.3. The van der Waals surface area contributed by atoms with Gasteiger partial charge in [0.05, 0.1) is 11.2 Å². The topological polar surface area (TPSA) is 40.2 Å². The largest absolute Gasteiger partial charge is 0.355 e. The van der Waals surface area contributed by atoms with Crippen LogP contribution in [0.15, 0.2) is 176 Å². The van der Waals surface area contributed by atoms with Gasteiger partial charge in [0.1, 0.15) is 0 Å². The number of allylic oxidation sites excluding steroid dienone is 4. The Labute approximate surface area is 323 Å². The molecule has 1 aliphatic rings. The average Bonchev–Trinajstić information content (AvgIpc) is 3.71. The van der Waals surface area contributed by atoms with Gasteiger partial charge in [-0.1, -0.05) is 154 Å². The Balaban J connectivity index is 0.000000160. The molecule has 0 saturated carbocycles. The van der Waals surface area contributed by atoms with Crippen molar-refractivity contribution in [3.63, 3.8) is 0 Å². The number of aliphatic imine (C=N–C) groups is 1. The first-order chi connectivity index (χ1) is 26.9. The average molecular weight is 712 g/mol. The Morgan fingerprint density at radius 3 is 2.15 bits per heavy atom. The van der Waals surface area contributed by atoms with E-state index in [-0.39, 0.29) is 5.41 Å². The number of anilines is 1. The molecule has 8 aromatic rings. The zero-order valence-corrected chi connectivity index (χ0v) is 31.8. The molecular weight excluding hydrogens is 667 g/mol. The van der Waals surface area contributed by atoms with Crippen molar-refractivity contribution in [1.29, 1.82) is 0 Å². The van der Waals surface area contributed by atoms with Gasteiger partial charge in [-0.2, -0.15) is 0 Å². The van der Waals surface area contributed by atoms with Crippen molar-refractivity contribution >= 4 is 67.5 Å². The van der Waals surface area contributed by atoms with E-state index in [2.05, 4.69) is 164 Å². The molecule has 55 heavy (non-hydrogen) atoms. The first-order valence-electron chi connectivity index (χ1n) is 18.9. The molecular formula is C52H45N3. The minimum Gasteiger partial charge on any atom is -0.355 e. The number of aromatic nitrogens is 1. The van der Waals surface area contributed by atoms with Crippen LogP contribution in [0.1, 0.15) is 48.6 Å². The molecule has 0 fully saturated rings. The second-order valence-corrected chi connectivity index (χ2v) is 14.6. The van der Waals surface area contributed by atoms with E-state index < -0.39 is 0 Å². The van der Waals surface area contributed by atoms with E-state index in [4.69, 9.17) is 0 Å². The van der Waals surface area contributed by atoms with Crippen LogP contribution in [0, 0.1) is 0 Å². The SMILES string of the molecule is C=C/C(=C\C=C/C)Nc1cc2[nH]c3c4ccccc4c4ccccc4c3c2cc1C=C.C=Nc1ccccc1Cc1ccc2c(c1)C(C)(C)c1ccccc1-2. The van der Waals surface area contributed by atoms with Gasteiger partial charge in [0.25, 0.3) is 0 Å². The summed E-state index contributed by atoms with van der Waals surface area (Å²) in [7, 11) is 0. The van der Waals surface area contributed by atoms with Crippen molar-refractivity contribution < 1.29 is 0 Å². The van der Waals surface area contributed by atoms with Crippen LogP contribution in [0.25, 0.3) is 60.6 Å². The number of fused-ring (bicyclic) bond motifs is 11. The minimum absolute atomic E-state index is 0.0537. The summed E-state index contributed by atoms with van der Waals surface area (Å²) in [6, 6.07) is 45.5. The molecule has 0 atom stereocenters. The predicted molar refractivity (Wildman–Crippen MR) is 240 cm³/mol. The zero-order chi connectivity index (χ0) is 38.1. The van der Waals surface area contributed by atoms with E-state index in [1.807, 2.05) is 49.4 Å². The van der Waals surface area contributed by atoms with E-state index in [1.54, 1.807) is 0 Å². The number of nitrogens with one attached hydrogen (secondary N) is 2. The fraction of sp³-hybridized carbons (Fsp3) is 0.0962. The summed E-state index contributed by atoms with van der Waals surface area (Å²) < 4.78 is 0. The second kappa shape index (κ2) is 14.6. The third-order valence-electron chi connectivity index (χ3n) is 11.0. The number of rotatable bonds is 8. The summed E-state index contributed by atoms with van der Waals surface area (Å²) in [6.07, 6.45) is 10.6. The quantitative estimate of drug-likeness (QED) is 0.0919. The maximum Gasteiger partial charge on any atom is 0.0657 e. The molecule has 0 bridgehead atoms. The van der Waals surface area contributed by atoms with Crippen LogP contribution in [0.2, 0.25) is 0 Å². The molecule has 0 aliphatic heterocycles. The van der Waals surface area contributed by atoms with Crippen LogP contribution in [0.3, 0.4) is 0 Å². The molecule has 1 heterocycles. The highest BCUT2D eigenvalue weighted by Gasteiger charge is 2.35. The van der Waals surface area contributed by atoms with Crippen molar-refractivity contribution in [3.8, 4) is 11.1 Å². The molecule has 0 radical (unpaired) electrons. The van der Waals surface area contributed by atoms with E-state index in [1.165, 1.54) is 71.2 Å². The van der Waals surface area contributed by atoms with Crippen molar-refractivity contribution in [1.82, 2.24) is 4.98 Å². The molecule has 3 nitrogen and oxygen atoms in total. The molecule has 1 aromatic heterocycles. The minimum atomic E-state index is 0.0537. The van der Waals surface area contributed by atoms with Crippen LogP contribution in [0.5, 0.6) is 0 Å². The van der Waals surface area contributed by atoms with Crippen LogP contribution < -0.4 is 5.32 Å². The number of H-pyrrole nitrogens is 1. The molecule has 0 spiro atoms. The maximum absolute atomic E-state index is 4.15. The van der Waals surface area contributed by atoms with Crippen molar-refractivity contribution in [2.24, 2.45) is 4.99 Å². The summed E-state index contributed by atoms with van der Waals surface area (Å²) >= 11 is 0. The molecule has 268 valence electrons. The van der Waals surface area contributed by atoms with Crippen LogP contribution in [-0.2, 0) is 11.8 Å².